The molecule has 0 aromatic rings. The summed E-state index contributed by atoms with van der Waals surface area (Å²) in [5.74, 6) is 1.00. The molecule has 0 radical (unpaired) electrons. The molecule has 0 aromatic carbocycles. The first-order valence-corrected chi connectivity index (χ1v) is 8.07. The van der Waals surface area contributed by atoms with Gasteiger partial charge in [0.05, 0.1) is 19.1 Å². The third-order valence-electron chi connectivity index (χ3n) is 4.71. The minimum Gasteiger partial charge on any atom is -0.375 e. The molecule has 2 aliphatic rings. The first kappa shape index (κ1) is 15.8. The number of carbonyl (C=O) groups excluding carboxylic acids is 1. The van der Waals surface area contributed by atoms with Crippen LogP contribution < -0.4 is 5.32 Å². The Hall–Kier alpha value is -0.610. The van der Waals surface area contributed by atoms with E-state index < -0.39 is 0 Å². The molecule has 2 heterocycles. The maximum atomic E-state index is 12.4. The highest BCUT2D eigenvalue weighted by molar-refractivity contribution is 5.76. The molecule has 2 unspecified atom stereocenters. The zero-order chi connectivity index (χ0) is 14.6. The van der Waals surface area contributed by atoms with E-state index >= 15 is 0 Å². The second-order valence-electron chi connectivity index (χ2n) is 7.28. The average molecular weight is 282 g/mol. The average Bonchev–Trinajstić information content (AvgIpc) is 2.65. The number of morpholine rings is 1. The topological polar surface area (TPSA) is 41.6 Å². The van der Waals surface area contributed by atoms with Crippen molar-refractivity contribution >= 4 is 5.91 Å². The van der Waals surface area contributed by atoms with E-state index in [2.05, 4.69) is 31.0 Å². The van der Waals surface area contributed by atoms with Crippen LogP contribution in [0.3, 0.4) is 0 Å². The number of amides is 1. The molecular weight excluding hydrogens is 252 g/mol. The van der Waals surface area contributed by atoms with Crippen molar-refractivity contribution in [2.45, 2.75) is 52.6 Å². The summed E-state index contributed by atoms with van der Waals surface area (Å²) >= 11 is 0. The molecule has 2 fully saturated rings. The Bertz CT molecular complexity index is 319. The summed E-state index contributed by atoms with van der Waals surface area (Å²) < 4.78 is 5.64. The van der Waals surface area contributed by atoms with Crippen LogP contribution in [0, 0.1) is 11.3 Å². The van der Waals surface area contributed by atoms with Gasteiger partial charge in [-0.1, -0.05) is 20.8 Å². The first-order chi connectivity index (χ1) is 9.47. The normalized spacial score (nSPS) is 29.1. The van der Waals surface area contributed by atoms with Crippen molar-refractivity contribution in [1.29, 1.82) is 0 Å². The monoisotopic (exact) mass is 282 g/mol. The number of carbonyl (C=O) groups is 1. The third-order valence-corrected chi connectivity index (χ3v) is 4.71. The largest absolute Gasteiger partial charge is 0.375 e. The number of nitrogens with one attached hydrogen (secondary N) is 1. The van der Waals surface area contributed by atoms with Gasteiger partial charge in [-0.15, -0.1) is 0 Å². The second-order valence-corrected chi connectivity index (χ2v) is 7.28. The van der Waals surface area contributed by atoms with Crippen LogP contribution in [0.4, 0.5) is 0 Å². The van der Waals surface area contributed by atoms with Crippen LogP contribution in [0.1, 0.15) is 46.5 Å². The van der Waals surface area contributed by atoms with Crippen molar-refractivity contribution in [2.24, 2.45) is 11.3 Å². The molecule has 2 rings (SSSR count). The van der Waals surface area contributed by atoms with Gasteiger partial charge in [0.25, 0.3) is 0 Å². The van der Waals surface area contributed by atoms with Gasteiger partial charge in [0.15, 0.2) is 0 Å². The predicted octanol–water partition coefficient (Wildman–Crippen LogP) is 2.04. The van der Waals surface area contributed by atoms with Gasteiger partial charge in [-0.05, 0) is 30.6 Å². The van der Waals surface area contributed by atoms with Crippen LogP contribution >= 0.6 is 0 Å². The van der Waals surface area contributed by atoms with E-state index in [9.17, 15) is 4.79 Å². The van der Waals surface area contributed by atoms with Crippen molar-refractivity contribution in [3.63, 3.8) is 0 Å². The van der Waals surface area contributed by atoms with Crippen molar-refractivity contribution in [2.75, 3.05) is 32.8 Å². The first-order valence-electron chi connectivity index (χ1n) is 8.07. The quantitative estimate of drug-likeness (QED) is 0.843. The van der Waals surface area contributed by atoms with Crippen molar-refractivity contribution in [1.82, 2.24) is 10.2 Å². The van der Waals surface area contributed by atoms with E-state index in [0.717, 1.165) is 51.5 Å². The van der Waals surface area contributed by atoms with Gasteiger partial charge in [-0.3, -0.25) is 4.79 Å². The van der Waals surface area contributed by atoms with Gasteiger partial charge >= 0.3 is 0 Å². The van der Waals surface area contributed by atoms with E-state index in [1.54, 1.807) is 0 Å². The Morgan fingerprint density at radius 2 is 2.10 bits per heavy atom. The van der Waals surface area contributed by atoms with E-state index in [-0.39, 0.29) is 12.0 Å². The van der Waals surface area contributed by atoms with Gasteiger partial charge in [-0.2, -0.15) is 0 Å². The Labute approximate surface area is 123 Å². The lowest BCUT2D eigenvalue weighted by molar-refractivity contribution is -0.134. The molecule has 2 aliphatic heterocycles. The number of likely N-dealkylation sites (tertiary alicyclic amines) is 1. The summed E-state index contributed by atoms with van der Waals surface area (Å²) in [5.41, 5.74) is 0.357. The summed E-state index contributed by atoms with van der Waals surface area (Å²) in [7, 11) is 0. The Morgan fingerprint density at radius 3 is 2.75 bits per heavy atom. The number of rotatable bonds is 2. The van der Waals surface area contributed by atoms with E-state index in [4.69, 9.17) is 4.74 Å². The minimum absolute atomic E-state index is 0.0675. The maximum absolute atomic E-state index is 12.4. The third kappa shape index (κ3) is 4.45. The summed E-state index contributed by atoms with van der Waals surface area (Å²) in [5, 5.41) is 3.29. The Morgan fingerprint density at radius 1 is 1.30 bits per heavy atom. The zero-order valence-corrected chi connectivity index (χ0v) is 13.3. The van der Waals surface area contributed by atoms with Crippen LogP contribution in [0.2, 0.25) is 0 Å². The molecule has 2 saturated heterocycles. The van der Waals surface area contributed by atoms with Crippen molar-refractivity contribution in [3.8, 4) is 0 Å². The van der Waals surface area contributed by atoms with E-state index in [1.165, 1.54) is 6.42 Å². The smallest absolute Gasteiger partial charge is 0.225 e. The van der Waals surface area contributed by atoms with Gasteiger partial charge < -0.3 is 15.0 Å². The molecule has 2 atom stereocenters. The SMILES string of the molecule is CC(C)(C)C1CCCN(C(=O)CC2CNCCO2)CC1. The van der Waals surface area contributed by atoms with Gasteiger partial charge in [0, 0.05) is 26.2 Å². The lowest BCUT2D eigenvalue weighted by Crippen LogP contribution is -2.42. The lowest BCUT2D eigenvalue weighted by Gasteiger charge is -2.30. The summed E-state index contributed by atoms with van der Waals surface area (Å²) in [6.45, 7) is 11.2. The van der Waals surface area contributed by atoms with Crippen LogP contribution in [0.25, 0.3) is 0 Å². The standard InChI is InChI=1S/C16H30N2O2/c1-16(2,3)13-5-4-8-18(9-6-13)15(19)11-14-12-17-7-10-20-14/h13-14,17H,4-12H2,1-3H3. The zero-order valence-electron chi connectivity index (χ0n) is 13.3. The fourth-order valence-corrected chi connectivity index (χ4v) is 3.29. The molecule has 4 nitrogen and oxygen atoms in total. The van der Waals surface area contributed by atoms with Gasteiger partial charge in [0.1, 0.15) is 0 Å². The van der Waals surface area contributed by atoms with Crippen LogP contribution in [0.15, 0.2) is 0 Å². The summed E-state index contributed by atoms with van der Waals surface area (Å²) in [6.07, 6.45) is 4.12. The molecule has 0 bridgehead atoms. The molecule has 1 amide bonds. The molecule has 4 heteroatoms. The number of hydrogen-bond donors (Lipinski definition) is 1. The van der Waals surface area contributed by atoms with E-state index in [0.29, 0.717) is 11.8 Å². The van der Waals surface area contributed by atoms with Crippen LogP contribution in [0.5, 0.6) is 0 Å². The summed E-state index contributed by atoms with van der Waals surface area (Å²) in [6, 6.07) is 0. The maximum Gasteiger partial charge on any atom is 0.225 e. The van der Waals surface area contributed by atoms with Gasteiger partial charge in [0.2, 0.25) is 5.91 Å². The highest BCUT2D eigenvalue weighted by Gasteiger charge is 2.29. The fourth-order valence-electron chi connectivity index (χ4n) is 3.29. The highest BCUT2D eigenvalue weighted by Crippen LogP contribution is 2.34. The number of nitrogens with zero attached hydrogens (tertiary/aromatic N) is 1. The Kier molecular flexibility index (Phi) is 5.44. The Balaban J connectivity index is 1.81. The second kappa shape index (κ2) is 6.90. The lowest BCUT2D eigenvalue weighted by atomic mass is 9.77. The molecule has 1 N–H and O–H groups in total. The van der Waals surface area contributed by atoms with Crippen LogP contribution in [-0.4, -0.2) is 49.7 Å². The molecule has 20 heavy (non-hydrogen) atoms. The number of hydrogen-bond acceptors (Lipinski definition) is 3. The molecule has 116 valence electrons. The molecule has 0 saturated carbocycles. The van der Waals surface area contributed by atoms with Crippen molar-refractivity contribution < 1.29 is 9.53 Å². The fraction of sp³-hybridized carbons (Fsp3) is 0.938. The molecular formula is C16H30N2O2. The predicted molar refractivity (Wildman–Crippen MR) is 80.6 cm³/mol. The summed E-state index contributed by atoms with van der Waals surface area (Å²) in [4.78, 5) is 14.5. The number of ether oxygens (including phenoxy) is 1. The minimum atomic E-state index is 0.0675. The van der Waals surface area contributed by atoms with Crippen LogP contribution in [-0.2, 0) is 9.53 Å². The highest BCUT2D eigenvalue weighted by atomic mass is 16.5. The molecule has 0 aliphatic carbocycles. The molecule has 0 spiro atoms. The van der Waals surface area contributed by atoms with Gasteiger partial charge in [-0.25, -0.2) is 0 Å². The molecule has 0 aromatic heterocycles. The van der Waals surface area contributed by atoms with E-state index in [1.807, 2.05) is 0 Å². The van der Waals surface area contributed by atoms with Crippen molar-refractivity contribution in [3.05, 3.63) is 0 Å².